The first-order chi connectivity index (χ1) is 4.83. The van der Waals surface area contributed by atoms with Crippen LogP contribution in [-0.2, 0) is 0 Å². The molecule has 0 bridgehead atoms. The Hall–Kier alpha value is -0.260. The zero-order valence-corrected chi connectivity index (χ0v) is 6.66. The molecule has 0 radical (unpaired) electrons. The van der Waals surface area contributed by atoms with Gasteiger partial charge >= 0.3 is 0 Å². The van der Waals surface area contributed by atoms with Crippen molar-refractivity contribution in [1.82, 2.24) is 0 Å². The predicted molar refractivity (Wildman–Crippen MR) is 43.9 cm³/mol. The molecule has 0 aromatic carbocycles. The lowest BCUT2D eigenvalue weighted by molar-refractivity contribution is 0.381. The Morgan fingerprint density at radius 2 is 1.60 bits per heavy atom. The summed E-state index contributed by atoms with van der Waals surface area (Å²) in [7, 11) is 0. The molecule has 0 aromatic rings. The predicted octanol–water partition coefficient (Wildman–Crippen LogP) is 3.29. The summed E-state index contributed by atoms with van der Waals surface area (Å²) in [5.41, 5.74) is 2.23. The van der Waals surface area contributed by atoms with Gasteiger partial charge in [0.1, 0.15) is 0 Å². The van der Waals surface area contributed by atoms with E-state index in [0.717, 1.165) is 0 Å². The Balaban J connectivity index is 2.19. The van der Waals surface area contributed by atoms with Crippen LogP contribution in [-0.4, -0.2) is 0 Å². The van der Waals surface area contributed by atoms with Crippen LogP contribution >= 0.6 is 0 Å². The van der Waals surface area contributed by atoms with E-state index in [9.17, 15) is 0 Å². The van der Waals surface area contributed by atoms with Crippen molar-refractivity contribution in [1.29, 1.82) is 0 Å². The SMILES string of the molecule is C=C1CCCC12CCCC2. The molecule has 1 spiro atoms. The van der Waals surface area contributed by atoms with Crippen LogP contribution in [0.1, 0.15) is 44.9 Å². The maximum Gasteiger partial charge on any atom is -0.00907 e. The maximum absolute atomic E-state index is 4.19. The summed E-state index contributed by atoms with van der Waals surface area (Å²) in [5.74, 6) is 0. The number of hydrogen-bond acceptors (Lipinski definition) is 0. The molecule has 2 aliphatic carbocycles. The van der Waals surface area contributed by atoms with Gasteiger partial charge in [0.15, 0.2) is 0 Å². The van der Waals surface area contributed by atoms with Crippen molar-refractivity contribution in [2.24, 2.45) is 5.41 Å². The van der Waals surface area contributed by atoms with Crippen molar-refractivity contribution in [3.8, 4) is 0 Å². The van der Waals surface area contributed by atoms with Gasteiger partial charge in [-0.05, 0) is 37.5 Å². The lowest BCUT2D eigenvalue weighted by Gasteiger charge is -2.23. The summed E-state index contributed by atoms with van der Waals surface area (Å²) >= 11 is 0. The van der Waals surface area contributed by atoms with Crippen molar-refractivity contribution >= 4 is 0 Å². The first kappa shape index (κ1) is 6.45. The zero-order chi connectivity index (χ0) is 7.03. The highest BCUT2D eigenvalue weighted by Gasteiger charge is 2.38. The van der Waals surface area contributed by atoms with Gasteiger partial charge in [0, 0.05) is 0 Å². The summed E-state index contributed by atoms with van der Waals surface area (Å²) in [6.45, 7) is 4.19. The van der Waals surface area contributed by atoms with E-state index in [1.807, 2.05) is 0 Å². The second-order valence-corrected chi connectivity index (χ2v) is 3.94. The Bertz CT molecular complexity index is 144. The van der Waals surface area contributed by atoms with E-state index in [2.05, 4.69) is 6.58 Å². The largest absolute Gasteiger partial charge is 0.0993 e. The Labute approximate surface area is 63.3 Å². The third kappa shape index (κ3) is 0.744. The second kappa shape index (κ2) is 2.11. The average molecular weight is 136 g/mol. The minimum Gasteiger partial charge on any atom is -0.0993 e. The molecule has 0 atom stereocenters. The number of hydrogen-bond donors (Lipinski definition) is 0. The van der Waals surface area contributed by atoms with Crippen molar-refractivity contribution in [3.05, 3.63) is 12.2 Å². The standard InChI is InChI=1S/C10H16/c1-9-5-4-8-10(9)6-2-3-7-10/h1-8H2. The molecule has 0 heteroatoms. The van der Waals surface area contributed by atoms with Crippen molar-refractivity contribution in [2.75, 3.05) is 0 Å². The Kier molecular flexibility index (Phi) is 1.36. The van der Waals surface area contributed by atoms with Crippen LogP contribution in [0.25, 0.3) is 0 Å². The molecule has 2 fully saturated rings. The number of rotatable bonds is 0. The summed E-state index contributed by atoms with van der Waals surface area (Å²) in [6.07, 6.45) is 10.0. The van der Waals surface area contributed by atoms with Crippen molar-refractivity contribution in [2.45, 2.75) is 44.9 Å². The van der Waals surface area contributed by atoms with E-state index in [1.165, 1.54) is 44.9 Å². The van der Waals surface area contributed by atoms with Crippen LogP contribution in [0.2, 0.25) is 0 Å². The smallest absolute Gasteiger partial charge is 0.00907 e. The van der Waals surface area contributed by atoms with Gasteiger partial charge in [0.2, 0.25) is 0 Å². The molecule has 0 amide bonds. The van der Waals surface area contributed by atoms with Crippen molar-refractivity contribution in [3.63, 3.8) is 0 Å². The quantitative estimate of drug-likeness (QED) is 0.448. The third-order valence-electron chi connectivity index (χ3n) is 3.44. The van der Waals surface area contributed by atoms with Crippen LogP contribution in [0, 0.1) is 5.41 Å². The van der Waals surface area contributed by atoms with Gasteiger partial charge in [-0.25, -0.2) is 0 Å². The molecule has 0 aliphatic heterocycles. The van der Waals surface area contributed by atoms with Crippen LogP contribution in [0.4, 0.5) is 0 Å². The van der Waals surface area contributed by atoms with Crippen molar-refractivity contribution < 1.29 is 0 Å². The molecule has 0 saturated heterocycles. The van der Waals surface area contributed by atoms with Gasteiger partial charge in [0.05, 0.1) is 0 Å². The third-order valence-corrected chi connectivity index (χ3v) is 3.44. The fraction of sp³-hybridized carbons (Fsp3) is 0.800. The Morgan fingerprint density at radius 1 is 1.00 bits per heavy atom. The average Bonchev–Trinajstić information content (AvgIpc) is 2.48. The molecule has 2 aliphatic rings. The highest BCUT2D eigenvalue weighted by Crippen LogP contribution is 2.53. The fourth-order valence-electron chi connectivity index (χ4n) is 2.74. The molecule has 0 unspecified atom stereocenters. The van der Waals surface area contributed by atoms with Crippen LogP contribution < -0.4 is 0 Å². The van der Waals surface area contributed by atoms with Gasteiger partial charge in [-0.1, -0.05) is 25.0 Å². The molecule has 2 rings (SSSR count). The fourth-order valence-corrected chi connectivity index (χ4v) is 2.74. The van der Waals surface area contributed by atoms with Gasteiger partial charge < -0.3 is 0 Å². The first-order valence-electron chi connectivity index (χ1n) is 4.52. The number of allylic oxidation sites excluding steroid dienone is 1. The molecule has 2 saturated carbocycles. The van der Waals surface area contributed by atoms with E-state index >= 15 is 0 Å². The topological polar surface area (TPSA) is 0 Å². The van der Waals surface area contributed by atoms with Gasteiger partial charge in [-0.3, -0.25) is 0 Å². The summed E-state index contributed by atoms with van der Waals surface area (Å²) in [6, 6.07) is 0. The lowest BCUT2D eigenvalue weighted by atomic mass is 9.81. The summed E-state index contributed by atoms with van der Waals surface area (Å²) in [4.78, 5) is 0. The van der Waals surface area contributed by atoms with E-state index in [-0.39, 0.29) is 0 Å². The summed E-state index contributed by atoms with van der Waals surface area (Å²) in [5, 5.41) is 0. The van der Waals surface area contributed by atoms with Gasteiger partial charge in [0.25, 0.3) is 0 Å². The second-order valence-electron chi connectivity index (χ2n) is 3.94. The molecule has 0 nitrogen and oxygen atoms in total. The lowest BCUT2D eigenvalue weighted by Crippen LogP contribution is -2.11. The first-order valence-corrected chi connectivity index (χ1v) is 4.52. The van der Waals surface area contributed by atoms with Gasteiger partial charge in [-0.15, -0.1) is 0 Å². The molecule has 56 valence electrons. The molecular weight excluding hydrogens is 120 g/mol. The van der Waals surface area contributed by atoms with E-state index in [0.29, 0.717) is 5.41 Å². The van der Waals surface area contributed by atoms with E-state index < -0.39 is 0 Å². The van der Waals surface area contributed by atoms with Crippen LogP contribution in [0.3, 0.4) is 0 Å². The minimum absolute atomic E-state index is 0.653. The molecule has 0 N–H and O–H groups in total. The minimum atomic E-state index is 0.653. The van der Waals surface area contributed by atoms with Crippen LogP contribution in [0.5, 0.6) is 0 Å². The molecule has 10 heavy (non-hydrogen) atoms. The van der Waals surface area contributed by atoms with Gasteiger partial charge in [-0.2, -0.15) is 0 Å². The molecular formula is C10H16. The zero-order valence-electron chi connectivity index (χ0n) is 6.66. The van der Waals surface area contributed by atoms with E-state index in [1.54, 1.807) is 5.57 Å². The molecule has 0 aromatic heterocycles. The van der Waals surface area contributed by atoms with Crippen LogP contribution in [0.15, 0.2) is 12.2 Å². The summed E-state index contributed by atoms with van der Waals surface area (Å²) < 4.78 is 0. The molecule has 0 heterocycles. The highest BCUT2D eigenvalue weighted by molar-refractivity contribution is 5.16. The Morgan fingerprint density at radius 3 is 2.10 bits per heavy atom. The monoisotopic (exact) mass is 136 g/mol. The highest BCUT2D eigenvalue weighted by atomic mass is 14.4. The van der Waals surface area contributed by atoms with E-state index in [4.69, 9.17) is 0 Å². The normalized spacial score (nSPS) is 30.2. The maximum atomic E-state index is 4.19.